The molecule has 1 rings (SSSR count). The second-order valence-electron chi connectivity index (χ2n) is 3.49. The Labute approximate surface area is 101 Å². The molecule has 1 aromatic rings. The van der Waals surface area contributed by atoms with E-state index < -0.39 is 10.0 Å². The molecule has 0 saturated heterocycles. The highest BCUT2D eigenvalue weighted by Gasteiger charge is 2.15. The Kier molecular flexibility index (Phi) is 4.11. The molecule has 0 spiro atoms. The van der Waals surface area contributed by atoms with Gasteiger partial charge >= 0.3 is 0 Å². The van der Waals surface area contributed by atoms with E-state index in [1.54, 1.807) is 38.2 Å². The minimum absolute atomic E-state index is 0.0424. The third-order valence-corrected chi connectivity index (χ3v) is 4.28. The molecule has 0 aliphatic carbocycles. The summed E-state index contributed by atoms with van der Waals surface area (Å²) >= 11 is 0. The third-order valence-electron chi connectivity index (χ3n) is 2.50. The van der Waals surface area contributed by atoms with Crippen molar-refractivity contribution in [1.29, 1.82) is 0 Å². The van der Waals surface area contributed by atoms with Gasteiger partial charge in [-0.25, -0.2) is 8.42 Å². The lowest BCUT2D eigenvalue weighted by atomic mass is 10.2. The van der Waals surface area contributed by atoms with Crippen LogP contribution in [0.1, 0.15) is 17.3 Å². The fourth-order valence-electron chi connectivity index (χ4n) is 1.32. The van der Waals surface area contributed by atoms with E-state index in [0.29, 0.717) is 11.3 Å². The summed E-state index contributed by atoms with van der Waals surface area (Å²) < 4.78 is 24.5. The van der Waals surface area contributed by atoms with Gasteiger partial charge in [0.1, 0.15) is 0 Å². The van der Waals surface area contributed by atoms with Crippen molar-refractivity contribution in [1.82, 2.24) is 5.32 Å². The van der Waals surface area contributed by atoms with Crippen molar-refractivity contribution in [3.63, 3.8) is 0 Å². The first kappa shape index (κ1) is 13.5. The molecule has 0 fully saturated rings. The fourth-order valence-corrected chi connectivity index (χ4v) is 2.15. The van der Waals surface area contributed by atoms with Gasteiger partial charge in [0.25, 0.3) is 5.91 Å². The topological polar surface area (TPSA) is 66.5 Å². The van der Waals surface area contributed by atoms with E-state index in [4.69, 9.17) is 0 Å². The number of sulfonamides is 1. The smallest absolute Gasteiger partial charge is 0.251 e. The molecule has 0 aliphatic heterocycles. The number of benzene rings is 1. The fraction of sp³-hybridized carbons (Fsp3) is 0.364. The molecule has 0 bridgehead atoms. The molecule has 0 heterocycles. The van der Waals surface area contributed by atoms with Crippen LogP contribution in [0.25, 0.3) is 0 Å². The lowest BCUT2D eigenvalue weighted by Gasteiger charge is -2.18. The molecule has 0 unspecified atom stereocenters. The Hall–Kier alpha value is -1.56. The average molecular weight is 256 g/mol. The Bertz CT molecular complexity index is 494. The highest BCUT2D eigenvalue weighted by Crippen LogP contribution is 2.17. The van der Waals surface area contributed by atoms with Crippen LogP contribution in [0, 0.1) is 0 Å². The summed E-state index contributed by atoms with van der Waals surface area (Å²) in [7, 11) is -0.218. The minimum Gasteiger partial charge on any atom is -0.355 e. The quantitative estimate of drug-likeness (QED) is 0.867. The first-order valence-electron chi connectivity index (χ1n) is 5.21. The predicted molar refractivity (Wildman–Crippen MR) is 67.7 cm³/mol. The molecule has 6 heteroatoms. The zero-order valence-electron chi connectivity index (χ0n) is 10.1. The zero-order valence-corrected chi connectivity index (χ0v) is 10.9. The summed E-state index contributed by atoms with van der Waals surface area (Å²) in [5.74, 6) is -0.154. The number of nitrogens with zero attached hydrogens (tertiary/aromatic N) is 1. The molecule has 1 aromatic carbocycles. The van der Waals surface area contributed by atoms with Gasteiger partial charge in [0.15, 0.2) is 0 Å². The van der Waals surface area contributed by atoms with Crippen LogP contribution >= 0.6 is 0 Å². The Morgan fingerprint density at radius 3 is 2.24 bits per heavy atom. The molecule has 5 nitrogen and oxygen atoms in total. The highest BCUT2D eigenvalue weighted by molar-refractivity contribution is 7.92. The van der Waals surface area contributed by atoms with Crippen LogP contribution in [0.4, 0.5) is 5.69 Å². The molecule has 1 amide bonds. The number of carbonyl (C=O) groups is 1. The van der Waals surface area contributed by atoms with Crippen molar-refractivity contribution in [2.75, 3.05) is 24.2 Å². The second-order valence-corrected chi connectivity index (χ2v) is 5.78. The zero-order chi connectivity index (χ0) is 13.1. The van der Waals surface area contributed by atoms with Gasteiger partial charge in [0.05, 0.1) is 11.4 Å². The first-order valence-corrected chi connectivity index (χ1v) is 6.82. The van der Waals surface area contributed by atoms with E-state index in [2.05, 4.69) is 5.32 Å². The van der Waals surface area contributed by atoms with Crippen molar-refractivity contribution < 1.29 is 13.2 Å². The van der Waals surface area contributed by atoms with Gasteiger partial charge in [-0.3, -0.25) is 9.10 Å². The van der Waals surface area contributed by atoms with Gasteiger partial charge in [0, 0.05) is 19.7 Å². The molecule has 0 atom stereocenters. The lowest BCUT2D eigenvalue weighted by Crippen LogP contribution is -2.28. The van der Waals surface area contributed by atoms with Crippen LogP contribution < -0.4 is 9.62 Å². The monoisotopic (exact) mass is 256 g/mol. The molecule has 1 N–H and O–H groups in total. The highest BCUT2D eigenvalue weighted by atomic mass is 32.2. The summed E-state index contributed by atoms with van der Waals surface area (Å²) in [6.07, 6.45) is 0. The number of carbonyl (C=O) groups excluding carboxylic acids is 1. The third kappa shape index (κ3) is 2.97. The van der Waals surface area contributed by atoms with Gasteiger partial charge in [-0.05, 0) is 31.2 Å². The number of nitrogens with one attached hydrogen (secondary N) is 1. The van der Waals surface area contributed by atoms with Crippen molar-refractivity contribution in [3.8, 4) is 0 Å². The van der Waals surface area contributed by atoms with Gasteiger partial charge in [0.2, 0.25) is 10.0 Å². The number of amides is 1. The number of hydrogen-bond acceptors (Lipinski definition) is 3. The summed E-state index contributed by atoms with van der Waals surface area (Å²) in [5, 5.41) is 2.50. The van der Waals surface area contributed by atoms with Gasteiger partial charge in [-0.1, -0.05) is 0 Å². The van der Waals surface area contributed by atoms with E-state index in [9.17, 15) is 13.2 Å². The van der Waals surface area contributed by atoms with Crippen LogP contribution in [0.2, 0.25) is 0 Å². The summed E-state index contributed by atoms with van der Waals surface area (Å²) in [5.41, 5.74) is 1.04. The van der Waals surface area contributed by atoms with Crippen LogP contribution in [-0.2, 0) is 10.0 Å². The molecular weight excluding hydrogens is 240 g/mol. The Morgan fingerprint density at radius 2 is 1.82 bits per heavy atom. The summed E-state index contributed by atoms with van der Waals surface area (Å²) in [4.78, 5) is 11.3. The molecule has 0 radical (unpaired) electrons. The first-order chi connectivity index (χ1) is 7.92. The van der Waals surface area contributed by atoms with Crippen LogP contribution in [0.15, 0.2) is 24.3 Å². The molecule has 94 valence electrons. The molecule has 0 saturated carbocycles. The van der Waals surface area contributed by atoms with Crippen molar-refractivity contribution in [2.24, 2.45) is 0 Å². The Balaban J connectivity index is 3.00. The SMILES string of the molecule is CCS(=O)(=O)N(C)c1ccc(C(=O)NC)cc1. The maximum Gasteiger partial charge on any atom is 0.251 e. The van der Waals surface area contributed by atoms with Crippen LogP contribution in [-0.4, -0.2) is 34.2 Å². The number of hydrogen-bond donors (Lipinski definition) is 1. The second kappa shape index (κ2) is 5.18. The maximum absolute atomic E-state index is 11.6. The maximum atomic E-state index is 11.6. The number of anilines is 1. The van der Waals surface area contributed by atoms with Gasteiger partial charge in [-0.2, -0.15) is 0 Å². The normalized spacial score (nSPS) is 11.0. The largest absolute Gasteiger partial charge is 0.355 e. The Morgan fingerprint density at radius 1 is 1.29 bits per heavy atom. The van der Waals surface area contributed by atoms with E-state index in [1.807, 2.05) is 0 Å². The predicted octanol–water partition coefficient (Wildman–Crippen LogP) is 0.832. The van der Waals surface area contributed by atoms with Crippen molar-refractivity contribution >= 4 is 21.6 Å². The van der Waals surface area contributed by atoms with Crippen LogP contribution in [0.5, 0.6) is 0 Å². The van der Waals surface area contributed by atoms with Gasteiger partial charge in [-0.15, -0.1) is 0 Å². The van der Waals surface area contributed by atoms with Crippen molar-refractivity contribution in [3.05, 3.63) is 29.8 Å². The average Bonchev–Trinajstić information content (AvgIpc) is 2.37. The molecular formula is C11H16N2O3S. The van der Waals surface area contributed by atoms with Crippen molar-refractivity contribution in [2.45, 2.75) is 6.92 Å². The standard InChI is InChI=1S/C11H16N2O3S/c1-4-17(15,16)13(3)10-7-5-9(6-8-10)11(14)12-2/h5-8H,4H2,1-3H3,(H,12,14). The molecule has 17 heavy (non-hydrogen) atoms. The summed E-state index contributed by atoms with van der Waals surface area (Å²) in [6.45, 7) is 1.59. The lowest BCUT2D eigenvalue weighted by molar-refractivity contribution is 0.0963. The van der Waals surface area contributed by atoms with E-state index >= 15 is 0 Å². The van der Waals surface area contributed by atoms with E-state index in [0.717, 1.165) is 0 Å². The summed E-state index contributed by atoms with van der Waals surface area (Å²) in [6, 6.07) is 6.40. The number of rotatable bonds is 4. The van der Waals surface area contributed by atoms with Gasteiger partial charge < -0.3 is 5.32 Å². The minimum atomic E-state index is -3.26. The molecule has 0 aromatic heterocycles. The van der Waals surface area contributed by atoms with E-state index in [1.165, 1.54) is 11.4 Å². The van der Waals surface area contributed by atoms with Crippen LogP contribution in [0.3, 0.4) is 0 Å². The molecule has 0 aliphatic rings. The van der Waals surface area contributed by atoms with E-state index in [-0.39, 0.29) is 11.7 Å².